The molecule has 19 nitrogen and oxygen atoms in total. The zero-order valence-corrected chi connectivity index (χ0v) is 20.3. The summed E-state index contributed by atoms with van der Waals surface area (Å²) in [6.07, 6.45) is -5.45. The van der Waals surface area contributed by atoms with E-state index in [1.807, 2.05) is 0 Å². The lowest BCUT2D eigenvalue weighted by molar-refractivity contribution is -0.156. The van der Waals surface area contributed by atoms with Crippen LogP contribution in [-0.4, -0.2) is 71.0 Å². The van der Waals surface area contributed by atoms with E-state index in [1.165, 1.54) is 13.0 Å². The van der Waals surface area contributed by atoms with E-state index < -0.39 is 72.2 Å². The number of aliphatic hydroxyl groups excluding tert-OH is 1. The molecule has 35 heavy (non-hydrogen) atoms. The number of aliphatic hydroxyl groups is 1. The van der Waals surface area contributed by atoms with Crippen molar-refractivity contribution in [2.75, 3.05) is 11.9 Å². The van der Waals surface area contributed by atoms with Crippen LogP contribution >= 0.6 is 23.5 Å². The highest BCUT2D eigenvalue weighted by Crippen LogP contribution is 2.66. The maximum absolute atomic E-state index is 12.4. The summed E-state index contributed by atoms with van der Waals surface area (Å²) >= 11 is 0. The number of nitrogens with zero attached hydrogens (tertiary/aromatic N) is 2. The third kappa shape index (κ3) is 8.95. The zero-order valence-electron chi connectivity index (χ0n) is 17.6. The number of ether oxygens (including phenoxy) is 2. The zero-order chi connectivity index (χ0) is 26.8. The highest BCUT2D eigenvalue weighted by Gasteiger charge is 2.49. The molecule has 0 spiro atoms. The topological polar surface area (TPSA) is 280 Å². The van der Waals surface area contributed by atoms with Gasteiger partial charge in [-0.1, -0.05) is 0 Å². The Hall–Kier alpha value is -1.85. The minimum atomic E-state index is -5.78. The van der Waals surface area contributed by atoms with Crippen molar-refractivity contribution < 1.29 is 70.6 Å². The van der Waals surface area contributed by atoms with Gasteiger partial charge in [-0.3, -0.25) is 18.7 Å². The number of carbonyl (C=O) groups is 2. The number of phosphoric acid groups is 3. The SMILES string of the molecule is CC(=O)Nc1ccn([C@@H]2O[C@H](COP(=O)(O)OP(=O)(O)OP(=O)(O)O)[C@@H](O)[C@H]2OC(C)=O)c(=O)n1. The fourth-order valence-electron chi connectivity index (χ4n) is 2.73. The summed E-state index contributed by atoms with van der Waals surface area (Å²) < 4.78 is 56.6. The van der Waals surface area contributed by atoms with Crippen LogP contribution in [0.5, 0.6) is 0 Å². The quantitative estimate of drug-likeness (QED) is 0.142. The van der Waals surface area contributed by atoms with Gasteiger partial charge >= 0.3 is 35.1 Å². The molecule has 1 aliphatic heterocycles. The molecule has 0 radical (unpaired) electrons. The Labute approximate surface area is 195 Å². The first-order valence-electron chi connectivity index (χ1n) is 9.05. The number of rotatable bonds is 10. The van der Waals surface area contributed by atoms with Crippen LogP contribution in [0.2, 0.25) is 0 Å². The minimum Gasteiger partial charge on any atom is -0.455 e. The molecule has 198 valence electrons. The van der Waals surface area contributed by atoms with E-state index in [0.29, 0.717) is 0 Å². The Bertz CT molecular complexity index is 1160. The molecule has 1 aromatic rings. The van der Waals surface area contributed by atoms with Gasteiger partial charge in [0.1, 0.15) is 18.0 Å². The van der Waals surface area contributed by atoms with Gasteiger partial charge in [0.25, 0.3) is 0 Å². The van der Waals surface area contributed by atoms with Crippen LogP contribution in [0.3, 0.4) is 0 Å². The van der Waals surface area contributed by atoms with Gasteiger partial charge in [0, 0.05) is 20.0 Å². The molecule has 2 heterocycles. The van der Waals surface area contributed by atoms with E-state index in [2.05, 4.69) is 23.4 Å². The molecule has 1 aromatic heterocycles. The van der Waals surface area contributed by atoms with Gasteiger partial charge in [0.2, 0.25) is 5.91 Å². The standard InChI is InChI=1S/C13H20N3O16P3/c1-6(17)14-9-3-4-16(13(20)15-9)12-11(29-7(2)18)10(19)8(30-12)5-28-34(24,25)32-35(26,27)31-33(21,22)23/h3-4,8,10-12,19H,5H2,1-2H3,(H,24,25)(H,26,27)(H2,21,22,23)(H,14,15,17,20)/t8-,10-,11-,12-/m1/s1. The molecular weight excluding hydrogens is 547 g/mol. The smallest absolute Gasteiger partial charge is 0.455 e. The summed E-state index contributed by atoms with van der Waals surface area (Å²) in [6, 6.07) is 1.18. The molecular formula is C13H20N3O16P3. The molecule has 0 aliphatic carbocycles. The van der Waals surface area contributed by atoms with Gasteiger partial charge in [-0.15, -0.1) is 0 Å². The van der Waals surface area contributed by atoms with E-state index in [4.69, 9.17) is 24.2 Å². The van der Waals surface area contributed by atoms with Crippen LogP contribution in [0.4, 0.5) is 5.82 Å². The summed E-state index contributed by atoms with van der Waals surface area (Å²) in [4.78, 5) is 74.3. The van der Waals surface area contributed by atoms with Gasteiger partial charge in [-0.2, -0.15) is 13.6 Å². The molecule has 1 saturated heterocycles. The molecule has 1 aliphatic rings. The largest absolute Gasteiger partial charge is 0.490 e. The van der Waals surface area contributed by atoms with Crippen molar-refractivity contribution in [2.24, 2.45) is 0 Å². The van der Waals surface area contributed by atoms with Crippen molar-refractivity contribution in [1.82, 2.24) is 9.55 Å². The second-order valence-electron chi connectivity index (χ2n) is 6.70. The van der Waals surface area contributed by atoms with Gasteiger partial charge in [-0.05, 0) is 6.07 Å². The number of anilines is 1. The first-order valence-corrected chi connectivity index (χ1v) is 13.6. The monoisotopic (exact) mass is 567 g/mol. The summed E-state index contributed by atoms with van der Waals surface area (Å²) in [7, 11) is -16.9. The Morgan fingerprint density at radius 1 is 1.14 bits per heavy atom. The highest BCUT2D eigenvalue weighted by atomic mass is 31.3. The molecule has 2 unspecified atom stereocenters. The van der Waals surface area contributed by atoms with E-state index in [9.17, 15) is 38.1 Å². The number of phosphoric ester groups is 1. The number of nitrogens with one attached hydrogen (secondary N) is 1. The van der Waals surface area contributed by atoms with Crippen LogP contribution in [0.15, 0.2) is 17.1 Å². The second-order valence-corrected chi connectivity index (χ2v) is 11.1. The lowest BCUT2D eigenvalue weighted by atomic mass is 10.1. The van der Waals surface area contributed by atoms with Gasteiger partial charge in [-0.25, -0.2) is 18.5 Å². The highest BCUT2D eigenvalue weighted by molar-refractivity contribution is 7.66. The summed E-state index contributed by atoms with van der Waals surface area (Å²) in [6.45, 7) is 1.07. The number of hydrogen-bond donors (Lipinski definition) is 6. The van der Waals surface area contributed by atoms with Crippen LogP contribution in [0.1, 0.15) is 20.1 Å². The maximum atomic E-state index is 12.4. The fraction of sp³-hybridized carbons (Fsp3) is 0.538. The number of carbonyl (C=O) groups excluding carboxylic acids is 2. The molecule has 6 atom stereocenters. The van der Waals surface area contributed by atoms with Gasteiger partial charge in [0.15, 0.2) is 12.3 Å². The third-order valence-corrected chi connectivity index (χ3v) is 7.64. The van der Waals surface area contributed by atoms with E-state index in [1.54, 1.807) is 0 Å². The number of hydrogen-bond acceptors (Lipinski definition) is 13. The fourth-order valence-corrected chi connectivity index (χ4v) is 5.76. The number of amides is 1. The Morgan fingerprint density at radius 3 is 2.29 bits per heavy atom. The van der Waals surface area contributed by atoms with Crippen molar-refractivity contribution in [3.05, 3.63) is 22.7 Å². The van der Waals surface area contributed by atoms with Gasteiger partial charge < -0.3 is 39.5 Å². The second kappa shape index (κ2) is 11.0. The molecule has 2 rings (SSSR count). The number of esters is 1. The van der Waals surface area contributed by atoms with Crippen molar-refractivity contribution in [3.63, 3.8) is 0 Å². The predicted octanol–water partition coefficient (Wildman–Crippen LogP) is -1.27. The summed E-state index contributed by atoms with van der Waals surface area (Å²) in [5, 5.41) is 12.7. The molecule has 0 saturated carbocycles. The van der Waals surface area contributed by atoms with Crippen molar-refractivity contribution in [2.45, 2.75) is 38.4 Å². The predicted molar refractivity (Wildman–Crippen MR) is 108 cm³/mol. The van der Waals surface area contributed by atoms with Crippen LogP contribution in [-0.2, 0) is 45.9 Å². The van der Waals surface area contributed by atoms with E-state index in [0.717, 1.165) is 17.7 Å². The Kier molecular flexibility index (Phi) is 9.27. The minimum absolute atomic E-state index is 0.120. The molecule has 0 aromatic carbocycles. The average molecular weight is 567 g/mol. The lowest BCUT2D eigenvalue weighted by Crippen LogP contribution is -2.39. The van der Waals surface area contributed by atoms with Crippen molar-refractivity contribution >= 4 is 41.2 Å². The van der Waals surface area contributed by atoms with E-state index >= 15 is 0 Å². The van der Waals surface area contributed by atoms with Crippen LogP contribution in [0.25, 0.3) is 0 Å². The molecule has 1 amide bonds. The Morgan fingerprint density at radius 2 is 1.77 bits per heavy atom. The van der Waals surface area contributed by atoms with Gasteiger partial charge in [0.05, 0.1) is 6.61 Å². The van der Waals surface area contributed by atoms with Crippen molar-refractivity contribution in [3.8, 4) is 0 Å². The lowest BCUT2D eigenvalue weighted by Gasteiger charge is -2.21. The Balaban J connectivity index is 2.20. The normalized spacial score (nSPS) is 25.9. The molecule has 1 fully saturated rings. The molecule has 22 heteroatoms. The van der Waals surface area contributed by atoms with E-state index in [-0.39, 0.29) is 5.82 Å². The number of aromatic nitrogens is 2. The van der Waals surface area contributed by atoms with Crippen molar-refractivity contribution in [1.29, 1.82) is 0 Å². The average Bonchev–Trinajstić information content (AvgIpc) is 2.92. The molecule has 6 N–H and O–H groups in total. The first kappa shape index (κ1) is 29.4. The summed E-state index contributed by atoms with van der Waals surface area (Å²) in [5.74, 6) is -1.55. The first-order chi connectivity index (χ1) is 15.9. The third-order valence-electron chi connectivity index (χ3n) is 3.84. The van der Waals surface area contributed by atoms with Crippen LogP contribution < -0.4 is 11.0 Å². The molecule has 0 bridgehead atoms. The maximum Gasteiger partial charge on any atom is 0.490 e. The van der Waals surface area contributed by atoms with Crippen LogP contribution in [0, 0.1) is 0 Å². The summed E-state index contributed by atoms with van der Waals surface area (Å²) in [5.41, 5.74) is -1.01.